The molecule has 0 saturated carbocycles. The van der Waals surface area contributed by atoms with E-state index in [9.17, 15) is 0 Å². The zero-order valence-electron chi connectivity index (χ0n) is 14.3. The number of nitrogens with one attached hydrogen (secondary N) is 1. The summed E-state index contributed by atoms with van der Waals surface area (Å²) in [7, 11) is 0. The molecule has 0 radical (unpaired) electrons. The highest BCUT2D eigenvalue weighted by Gasteiger charge is 2.20. The minimum absolute atomic E-state index is 0.698. The first-order valence-corrected chi connectivity index (χ1v) is 9.34. The first-order chi connectivity index (χ1) is 13.3. The molecular formula is C19H13N7S. The molecule has 130 valence electrons. The van der Waals surface area contributed by atoms with Crippen molar-refractivity contribution in [1.82, 2.24) is 34.2 Å². The summed E-state index contributed by atoms with van der Waals surface area (Å²) in [6, 6.07) is 14.1. The number of hydrogen-bond donors (Lipinski definition) is 1. The molecular weight excluding hydrogens is 358 g/mol. The van der Waals surface area contributed by atoms with Crippen LogP contribution in [0.25, 0.3) is 43.6 Å². The minimum Gasteiger partial charge on any atom is -0.360 e. The smallest absolute Gasteiger partial charge is 0.235 e. The van der Waals surface area contributed by atoms with E-state index in [1.54, 1.807) is 0 Å². The minimum atomic E-state index is 0.698. The van der Waals surface area contributed by atoms with Crippen LogP contribution in [-0.4, -0.2) is 34.2 Å². The van der Waals surface area contributed by atoms with Crippen molar-refractivity contribution >= 4 is 32.8 Å². The van der Waals surface area contributed by atoms with Crippen molar-refractivity contribution in [2.24, 2.45) is 0 Å². The molecule has 27 heavy (non-hydrogen) atoms. The number of rotatable bonds is 2. The molecule has 8 heteroatoms. The number of aryl methyl sites for hydroxylation is 1. The Morgan fingerprint density at radius 1 is 1.04 bits per heavy atom. The molecule has 1 N–H and O–H groups in total. The normalized spacial score (nSPS) is 11.9. The number of para-hydroxylation sites is 1. The van der Waals surface area contributed by atoms with Crippen LogP contribution in [0.4, 0.5) is 0 Å². The summed E-state index contributed by atoms with van der Waals surface area (Å²) in [5.41, 5.74) is 4.86. The van der Waals surface area contributed by atoms with E-state index < -0.39 is 0 Å². The van der Waals surface area contributed by atoms with E-state index in [1.807, 2.05) is 58.6 Å². The van der Waals surface area contributed by atoms with Gasteiger partial charge in [-0.2, -0.15) is 9.61 Å². The fourth-order valence-electron chi connectivity index (χ4n) is 3.50. The molecule has 0 fully saturated rings. The van der Waals surface area contributed by atoms with Crippen LogP contribution in [-0.2, 0) is 0 Å². The number of H-pyrrole nitrogens is 1. The van der Waals surface area contributed by atoms with Crippen molar-refractivity contribution < 1.29 is 0 Å². The van der Waals surface area contributed by atoms with Crippen molar-refractivity contribution in [2.45, 2.75) is 6.92 Å². The number of fused-ring (bicyclic) bond motifs is 3. The maximum atomic E-state index is 4.82. The summed E-state index contributed by atoms with van der Waals surface area (Å²) < 4.78 is 3.84. The Morgan fingerprint density at radius 3 is 2.89 bits per heavy atom. The Morgan fingerprint density at radius 2 is 1.93 bits per heavy atom. The highest BCUT2D eigenvalue weighted by molar-refractivity contribution is 7.20. The molecule has 0 atom stereocenters. The van der Waals surface area contributed by atoms with Crippen LogP contribution >= 0.6 is 11.3 Å². The predicted molar refractivity (Wildman–Crippen MR) is 105 cm³/mol. The van der Waals surface area contributed by atoms with Crippen molar-refractivity contribution in [3.05, 3.63) is 60.6 Å². The lowest BCUT2D eigenvalue weighted by Gasteiger charge is -1.99. The van der Waals surface area contributed by atoms with Gasteiger partial charge in [0.05, 0.1) is 5.69 Å². The summed E-state index contributed by atoms with van der Waals surface area (Å²) in [5.74, 6) is 0.698. The van der Waals surface area contributed by atoms with Crippen molar-refractivity contribution in [1.29, 1.82) is 0 Å². The van der Waals surface area contributed by atoms with E-state index in [0.29, 0.717) is 5.82 Å². The molecule has 6 rings (SSSR count). The molecule has 5 heterocycles. The molecule has 0 aliphatic heterocycles. The number of aromatic nitrogens is 7. The highest BCUT2D eigenvalue weighted by Crippen LogP contribution is 2.33. The van der Waals surface area contributed by atoms with Crippen LogP contribution in [0.5, 0.6) is 0 Å². The number of hydrogen-bond acceptors (Lipinski definition) is 5. The average Bonchev–Trinajstić information content (AvgIpc) is 3.42. The number of aromatic amines is 1. The van der Waals surface area contributed by atoms with Gasteiger partial charge in [-0.3, -0.25) is 4.40 Å². The first-order valence-electron chi connectivity index (χ1n) is 8.52. The van der Waals surface area contributed by atoms with Gasteiger partial charge in [0, 0.05) is 28.9 Å². The summed E-state index contributed by atoms with van der Waals surface area (Å²) in [6.45, 7) is 1.98. The quantitative estimate of drug-likeness (QED) is 0.500. The standard InChI is InChI=1S/C19H13N7S/c1-11-16(25-9-5-4-8-15(25)21-11)17-22-23-19-26(17)24-18(27-19)13-10-20-14-7-3-2-6-12(13)14/h2-10,20H,1H3. The van der Waals surface area contributed by atoms with Crippen LogP contribution in [0, 0.1) is 6.92 Å². The van der Waals surface area contributed by atoms with Crippen LogP contribution in [0.1, 0.15) is 5.69 Å². The highest BCUT2D eigenvalue weighted by atomic mass is 32.1. The van der Waals surface area contributed by atoms with E-state index in [4.69, 9.17) is 5.10 Å². The van der Waals surface area contributed by atoms with Gasteiger partial charge in [-0.05, 0) is 25.1 Å². The molecule has 0 aliphatic rings. The number of benzene rings is 1. The maximum Gasteiger partial charge on any atom is 0.235 e. The maximum absolute atomic E-state index is 4.82. The summed E-state index contributed by atoms with van der Waals surface area (Å²) >= 11 is 1.53. The number of pyridine rings is 1. The lowest BCUT2D eigenvalue weighted by molar-refractivity contribution is 0.954. The summed E-state index contributed by atoms with van der Waals surface area (Å²) in [4.78, 5) is 8.69. The van der Waals surface area contributed by atoms with Gasteiger partial charge in [0.2, 0.25) is 10.8 Å². The van der Waals surface area contributed by atoms with Crippen molar-refractivity contribution in [2.75, 3.05) is 0 Å². The van der Waals surface area contributed by atoms with Crippen LogP contribution < -0.4 is 0 Å². The number of nitrogens with zero attached hydrogens (tertiary/aromatic N) is 6. The summed E-state index contributed by atoms with van der Waals surface area (Å²) in [5, 5.41) is 15.6. The van der Waals surface area contributed by atoms with Crippen LogP contribution in [0.2, 0.25) is 0 Å². The second kappa shape index (κ2) is 5.24. The van der Waals surface area contributed by atoms with Gasteiger partial charge in [-0.1, -0.05) is 35.6 Å². The predicted octanol–water partition coefficient (Wildman–Crippen LogP) is 3.96. The zero-order chi connectivity index (χ0) is 18.0. The summed E-state index contributed by atoms with van der Waals surface area (Å²) in [6.07, 6.45) is 3.98. The third-order valence-corrected chi connectivity index (χ3v) is 5.66. The number of imidazole rings is 1. The molecule has 5 aromatic heterocycles. The SMILES string of the molecule is Cc1nc2ccccn2c1-c1nnc2sc(-c3c[nH]c4ccccc34)nn12. The lowest BCUT2D eigenvalue weighted by Crippen LogP contribution is -1.96. The molecule has 1 aromatic carbocycles. The van der Waals surface area contributed by atoms with Gasteiger partial charge in [0.15, 0.2) is 0 Å². The molecule has 0 saturated heterocycles. The Kier molecular flexibility index (Phi) is 2.84. The van der Waals surface area contributed by atoms with E-state index in [2.05, 4.69) is 32.3 Å². The van der Waals surface area contributed by atoms with Crippen molar-refractivity contribution in [3.8, 4) is 22.1 Å². The lowest BCUT2D eigenvalue weighted by atomic mass is 10.2. The van der Waals surface area contributed by atoms with Crippen LogP contribution in [0.3, 0.4) is 0 Å². The largest absolute Gasteiger partial charge is 0.360 e. The molecule has 0 spiro atoms. The van der Waals surface area contributed by atoms with E-state index in [-0.39, 0.29) is 0 Å². The Hall–Kier alpha value is -3.52. The fraction of sp³-hybridized carbons (Fsp3) is 0.0526. The van der Waals surface area contributed by atoms with Gasteiger partial charge < -0.3 is 4.98 Å². The van der Waals surface area contributed by atoms with E-state index >= 15 is 0 Å². The average molecular weight is 371 g/mol. The third-order valence-electron chi connectivity index (χ3n) is 4.73. The molecule has 6 aromatic rings. The third kappa shape index (κ3) is 2.01. The van der Waals surface area contributed by atoms with Crippen molar-refractivity contribution in [3.63, 3.8) is 0 Å². The fourth-order valence-corrected chi connectivity index (χ4v) is 4.37. The Labute approximate surface area is 156 Å². The first kappa shape index (κ1) is 14.6. The molecule has 0 amide bonds. The topological polar surface area (TPSA) is 76.2 Å². The van der Waals surface area contributed by atoms with Gasteiger partial charge in [-0.25, -0.2) is 4.98 Å². The monoisotopic (exact) mass is 371 g/mol. The van der Waals surface area contributed by atoms with Gasteiger partial charge in [0.1, 0.15) is 16.3 Å². The Balaban J connectivity index is 1.59. The molecule has 7 nitrogen and oxygen atoms in total. The zero-order valence-corrected chi connectivity index (χ0v) is 15.1. The van der Waals surface area contributed by atoms with E-state index in [1.165, 1.54) is 11.3 Å². The van der Waals surface area contributed by atoms with E-state index in [0.717, 1.165) is 43.5 Å². The molecule has 0 unspecified atom stereocenters. The Bertz CT molecular complexity index is 1450. The second-order valence-electron chi connectivity index (χ2n) is 6.35. The van der Waals surface area contributed by atoms with Crippen LogP contribution in [0.15, 0.2) is 54.9 Å². The van der Waals surface area contributed by atoms with Gasteiger partial charge in [-0.15, -0.1) is 10.2 Å². The van der Waals surface area contributed by atoms with Gasteiger partial charge in [0.25, 0.3) is 0 Å². The molecule has 0 aliphatic carbocycles. The van der Waals surface area contributed by atoms with Gasteiger partial charge >= 0.3 is 0 Å². The molecule has 0 bridgehead atoms. The second-order valence-corrected chi connectivity index (χ2v) is 7.30.